The first-order valence-corrected chi connectivity index (χ1v) is 4.05. The summed E-state index contributed by atoms with van der Waals surface area (Å²) in [6, 6.07) is 3.61. The molecule has 2 aromatic heterocycles. The number of aryl methyl sites for hydroxylation is 1. The molecule has 0 radical (unpaired) electrons. The summed E-state index contributed by atoms with van der Waals surface area (Å²) in [6.07, 6.45) is 1.38. The lowest BCUT2D eigenvalue weighted by molar-refractivity contribution is 0.543. The van der Waals surface area contributed by atoms with E-state index in [0.29, 0.717) is 16.7 Å². The zero-order chi connectivity index (χ0) is 9.26. The quantitative estimate of drug-likeness (QED) is 0.699. The van der Waals surface area contributed by atoms with Crippen LogP contribution >= 0.6 is 11.6 Å². The van der Waals surface area contributed by atoms with Gasteiger partial charge < -0.3 is 4.42 Å². The van der Waals surface area contributed by atoms with Crippen molar-refractivity contribution in [3.63, 3.8) is 0 Å². The molecule has 0 aliphatic rings. The second kappa shape index (κ2) is 3.14. The fraction of sp³-hybridized carbons (Fsp3) is 0.125. The predicted molar refractivity (Wildman–Crippen MR) is 47.3 cm³/mol. The maximum atomic E-state index is 5.65. The minimum atomic E-state index is 0.305. The van der Waals surface area contributed by atoms with Gasteiger partial charge >= 0.3 is 0 Å². The second-order valence-electron chi connectivity index (χ2n) is 2.51. The SMILES string of the molecule is Cc1ccc(-c2nncc(Cl)n2)o1. The van der Waals surface area contributed by atoms with Crippen LogP contribution in [0.4, 0.5) is 0 Å². The molecule has 5 heteroatoms. The van der Waals surface area contributed by atoms with Crippen molar-refractivity contribution in [2.75, 3.05) is 0 Å². The molecular formula is C8H6ClN3O. The van der Waals surface area contributed by atoms with E-state index in [2.05, 4.69) is 15.2 Å². The van der Waals surface area contributed by atoms with E-state index in [9.17, 15) is 0 Å². The highest BCUT2D eigenvalue weighted by molar-refractivity contribution is 6.29. The monoisotopic (exact) mass is 195 g/mol. The Kier molecular flexibility index (Phi) is 1.98. The van der Waals surface area contributed by atoms with E-state index in [1.165, 1.54) is 6.20 Å². The molecule has 2 aromatic rings. The van der Waals surface area contributed by atoms with Gasteiger partial charge in [0.15, 0.2) is 10.9 Å². The van der Waals surface area contributed by atoms with Crippen molar-refractivity contribution in [2.45, 2.75) is 6.92 Å². The Morgan fingerprint density at radius 1 is 1.38 bits per heavy atom. The van der Waals surface area contributed by atoms with Gasteiger partial charge in [0.2, 0.25) is 5.82 Å². The van der Waals surface area contributed by atoms with Gasteiger partial charge in [-0.2, -0.15) is 5.10 Å². The van der Waals surface area contributed by atoms with Crippen molar-refractivity contribution in [3.8, 4) is 11.6 Å². The standard InChI is InChI=1S/C8H6ClN3O/c1-5-2-3-6(13-5)8-11-7(9)4-10-12-8/h2-4H,1H3. The number of nitrogens with zero attached hydrogens (tertiary/aromatic N) is 3. The molecule has 4 nitrogen and oxygen atoms in total. The highest BCUT2D eigenvalue weighted by Gasteiger charge is 2.06. The lowest BCUT2D eigenvalue weighted by Gasteiger charge is -1.93. The average Bonchev–Trinajstić information content (AvgIpc) is 2.52. The van der Waals surface area contributed by atoms with Gasteiger partial charge in [-0.3, -0.25) is 0 Å². The molecule has 2 heterocycles. The fourth-order valence-corrected chi connectivity index (χ4v) is 1.07. The molecule has 0 saturated heterocycles. The first kappa shape index (κ1) is 8.19. The Morgan fingerprint density at radius 3 is 2.85 bits per heavy atom. The molecule has 0 bridgehead atoms. The molecule has 0 unspecified atom stereocenters. The fourth-order valence-electron chi connectivity index (χ4n) is 0.943. The lowest BCUT2D eigenvalue weighted by Crippen LogP contribution is -1.90. The van der Waals surface area contributed by atoms with Crippen molar-refractivity contribution in [1.29, 1.82) is 0 Å². The topological polar surface area (TPSA) is 51.8 Å². The maximum absolute atomic E-state index is 5.65. The van der Waals surface area contributed by atoms with Crippen molar-refractivity contribution in [3.05, 3.63) is 29.2 Å². The number of furan rings is 1. The zero-order valence-corrected chi connectivity index (χ0v) is 7.62. The number of hydrogen-bond donors (Lipinski definition) is 0. The van der Waals surface area contributed by atoms with E-state index in [4.69, 9.17) is 16.0 Å². The first-order chi connectivity index (χ1) is 6.25. The van der Waals surface area contributed by atoms with Crippen molar-refractivity contribution >= 4 is 11.6 Å². The Balaban J connectivity index is 2.46. The molecule has 2 rings (SSSR count). The summed E-state index contributed by atoms with van der Waals surface area (Å²) in [6.45, 7) is 1.85. The van der Waals surface area contributed by atoms with E-state index in [-0.39, 0.29) is 0 Å². The summed E-state index contributed by atoms with van der Waals surface area (Å²) in [4.78, 5) is 3.95. The summed E-state index contributed by atoms with van der Waals surface area (Å²) in [5, 5.41) is 7.75. The Morgan fingerprint density at radius 2 is 2.23 bits per heavy atom. The smallest absolute Gasteiger partial charge is 0.218 e. The molecule has 0 aliphatic heterocycles. The van der Waals surface area contributed by atoms with Crippen LogP contribution in [0.5, 0.6) is 0 Å². The van der Waals surface area contributed by atoms with Crippen molar-refractivity contribution < 1.29 is 4.42 Å². The molecule has 0 N–H and O–H groups in total. The van der Waals surface area contributed by atoms with Crippen LogP contribution in [0.25, 0.3) is 11.6 Å². The van der Waals surface area contributed by atoms with Crippen molar-refractivity contribution in [1.82, 2.24) is 15.2 Å². The van der Waals surface area contributed by atoms with Crippen molar-refractivity contribution in [2.24, 2.45) is 0 Å². The number of aromatic nitrogens is 3. The highest BCUT2D eigenvalue weighted by Crippen LogP contribution is 2.17. The van der Waals surface area contributed by atoms with Gasteiger partial charge in [0, 0.05) is 0 Å². The summed E-state index contributed by atoms with van der Waals surface area (Å²) in [5.41, 5.74) is 0. The number of halogens is 1. The van der Waals surface area contributed by atoms with E-state index in [0.717, 1.165) is 5.76 Å². The molecule has 0 aromatic carbocycles. The van der Waals surface area contributed by atoms with Crippen LogP contribution < -0.4 is 0 Å². The van der Waals surface area contributed by atoms with Crippen LogP contribution in [-0.4, -0.2) is 15.2 Å². The van der Waals surface area contributed by atoms with Crippen LogP contribution in [0.3, 0.4) is 0 Å². The maximum Gasteiger partial charge on any atom is 0.218 e. The Labute approximate surface area is 79.6 Å². The van der Waals surface area contributed by atoms with Crippen LogP contribution in [0, 0.1) is 6.92 Å². The number of hydrogen-bond acceptors (Lipinski definition) is 4. The van der Waals surface area contributed by atoms with Gasteiger partial charge in [0.05, 0.1) is 6.20 Å². The Hall–Kier alpha value is -1.42. The molecular weight excluding hydrogens is 190 g/mol. The van der Waals surface area contributed by atoms with Gasteiger partial charge in [-0.1, -0.05) is 11.6 Å². The van der Waals surface area contributed by atoms with Gasteiger partial charge in [0.25, 0.3) is 0 Å². The minimum Gasteiger partial charge on any atom is -0.458 e. The molecule has 0 amide bonds. The summed E-state index contributed by atoms with van der Waals surface area (Å²) >= 11 is 5.65. The summed E-state index contributed by atoms with van der Waals surface area (Å²) in [7, 11) is 0. The van der Waals surface area contributed by atoms with Crippen LogP contribution in [-0.2, 0) is 0 Å². The van der Waals surface area contributed by atoms with E-state index >= 15 is 0 Å². The zero-order valence-electron chi connectivity index (χ0n) is 6.86. The minimum absolute atomic E-state index is 0.305. The van der Waals surface area contributed by atoms with Gasteiger partial charge in [-0.25, -0.2) is 4.98 Å². The molecule has 13 heavy (non-hydrogen) atoms. The second-order valence-corrected chi connectivity index (χ2v) is 2.90. The third-order valence-electron chi connectivity index (χ3n) is 1.49. The first-order valence-electron chi connectivity index (χ1n) is 3.68. The normalized spacial score (nSPS) is 10.3. The molecule has 0 aliphatic carbocycles. The summed E-state index contributed by atoms with van der Waals surface area (Å²) in [5.74, 6) is 1.78. The van der Waals surface area contributed by atoms with Gasteiger partial charge in [-0.15, -0.1) is 5.10 Å². The van der Waals surface area contributed by atoms with Gasteiger partial charge in [0.1, 0.15) is 5.76 Å². The van der Waals surface area contributed by atoms with Crippen LogP contribution in [0.1, 0.15) is 5.76 Å². The van der Waals surface area contributed by atoms with E-state index < -0.39 is 0 Å². The van der Waals surface area contributed by atoms with E-state index in [1.807, 2.05) is 13.0 Å². The molecule has 0 saturated carbocycles. The predicted octanol–water partition coefficient (Wildman–Crippen LogP) is 2.09. The highest BCUT2D eigenvalue weighted by atomic mass is 35.5. The van der Waals surface area contributed by atoms with E-state index in [1.54, 1.807) is 6.07 Å². The number of rotatable bonds is 1. The third kappa shape index (κ3) is 1.67. The Bertz CT molecular complexity index is 427. The molecule has 0 spiro atoms. The van der Waals surface area contributed by atoms with Gasteiger partial charge in [-0.05, 0) is 19.1 Å². The summed E-state index contributed by atoms with van der Waals surface area (Å²) < 4.78 is 5.30. The largest absolute Gasteiger partial charge is 0.458 e. The molecule has 0 atom stereocenters. The lowest BCUT2D eigenvalue weighted by atomic mass is 10.4. The average molecular weight is 196 g/mol. The molecule has 66 valence electrons. The van der Waals surface area contributed by atoms with Crippen LogP contribution in [0.2, 0.25) is 5.15 Å². The third-order valence-corrected chi connectivity index (χ3v) is 1.67. The molecule has 0 fully saturated rings. The van der Waals surface area contributed by atoms with Crippen LogP contribution in [0.15, 0.2) is 22.7 Å².